The van der Waals surface area contributed by atoms with E-state index in [9.17, 15) is 9.18 Å². The molecule has 0 saturated carbocycles. The fraction of sp³-hybridized carbons (Fsp3) is 0.235. The van der Waals surface area contributed by atoms with Gasteiger partial charge in [-0.3, -0.25) is 4.79 Å². The van der Waals surface area contributed by atoms with E-state index in [1.165, 1.54) is 24.3 Å². The Labute approximate surface area is 128 Å². The lowest BCUT2D eigenvalue weighted by molar-refractivity contribution is -0.123. The number of nitrogens with one attached hydrogen (secondary N) is 1. The minimum Gasteiger partial charge on any atom is -0.484 e. The summed E-state index contributed by atoms with van der Waals surface area (Å²) in [4.78, 5) is 11.7. The third-order valence-electron chi connectivity index (χ3n) is 3.01. The Kier molecular flexibility index (Phi) is 5.91. The van der Waals surface area contributed by atoms with Gasteiger partial charge in [0.05, 0.1) is 6.61 Å². The summed E-state index contributed by atoms with van der Waals surface area (Å²) in [6.45, 7) is 0.893. The molecule has 1 amide bonds. The van der Waals surface area contributed by atoms with Gasteiger partial charge in [0.2, 0.25) is 0 Å². The van der Waals surface area contributed by atoms with Crippen LogP contribution in [0.15, 0.2) is 48.5 Å². The third-order valence-corrected chi connectivity index (χ3v) is 3.01. The summed E-state index contributed by atoms with van der Waals surface area (Å²) in [6, 6.07) is 13.3. The summed E-state index contributed by atoms with van der Waals surface area (Å²) in [5.41, 5.74) is 2.08. The van der Waals surface area contributed by atoms with Gasteiger partial charge in [-0.05, 0) is 35.4 Å². The number of amides is 1. The molecule has 0 aliphatic carbocycles. The van der Waals surface area contributed by atoms with Crippen LogP contribution in [0.5, 0.6) is 5.75 Å². The molecule has 0 radical (unpaired) electrons. The van der Waals surface area contributed by atoms with Crippen LogP contribution in [-0.4, -0.2) is 19.6 Å². The molecule has 2 aromatic rings. The van der Waals surface area contributed by atoms with Gasteiger partial charge in [-0.15, -0.1) is 0 Å². The smallest absolute Gasteiger partial charge is 0.258 e. The quantitative estimate of drug-likeness (QED) is 0.855. The molecule has 2 aromatic carbocycles. The molecular formula is C17H18FNO3. The largest absolute Gasteiger partial charge is 0.484 e. The summed E-state index contributed by atoms with van der Waals surface area (Å²) >= 11 is 0. The van der Waals surface area contributed by atoms with Crippen LogP contribution in [0.4, 0.5) is 4.39 Å². The fourth-order valence-corrected chi connectivity index (χ4v) is 1.85. The highest BCUT2D eigenvalue weighted by atomic mass is 19.1. The van der Waals surface area contributed by atoms with Crippen LogP contribution in [0, 0.1) is 5.82 Å². The van der Waals surface area contributed by atoms with Crippen molar-refractivity contribution in [1.82, 2.24) is 5.32 Å². The molecule has 0 bridgehead atoms. The van der Waals surface area contributed by atoms with E-state index in [0.717, 1.165) is 11.1 Å². The van der Waals surface area contributed by atoms with E-state index < -0.39 is 0 Å². The third kappa shape index (κ3) is 5.18. The Morgan fingerprint density at radius 2 is 1.68 bits per heavy atom. The molecule has 0 saturated heterocycles. The minimum absolute atomic E-state index is 0.104. The number of carbonyl (C=O) groups is 1. The van der Waals surface area contributed by atoms with Crippen LogP contribution in [0.1, 0.15) is 11.1 Å². The zero-order valence-corrected chi connectivity index (χ0v) is 12.3. The fourth-order valence-electron chi connectivity index (χ4n) is 1.85. The van der Waals surface area contributed by atoms with E-state index in [4.69, 9.17) is 9.47 Å². The van der Waals surface area contributed by atoms with Gasteiger partial charge in [0.15, 0.2) is 6.61 Å². The van der Waals surface area contributed by atoms with Crippen molar-refractivity contribution in [3.63, 3.8) is 0 Å². The monoisotopic (exact) mass is 303 g/mol. The van der Waals surface area contributed by atoms with Crippen molar-refractivity contribution in [2.75, 3.05) is 13.7 Å². The van der Waals surface area contributed by atoms with Crippen LogP contribution in [-0.2, 0) is 22.7 Å². The van der Waals surface area contributed by atoms with Crippen molar-refractivity contribution in [3.05, 3.63) is 65.5 Å². The second kappa shape index (κ2) is 8.14. The van der Waals surface area contributed by atoms with Crippen LogP contribution >= 0.6 is 0 Å². The summed E-state index contributed by atoms with van der Waals surface area (Å²) in [6.07, 6.45) is 0. The van der Waals surface area contributed by atoms with Gasteiger partial charge in [0.1, 0.15) is 11.6 Å². The van der Waals surface area contributed by atoms with Crippen molar-refractivity contribution < 1.29 is 18.7 Å². The van der Waals surface area contributed by atoms with E-state index in [-0.39, 0.29) is 18.3 Å². The summed E-state index contributed by atoms with van der Waals surface area (Å²) in [5, 5.41) is 2.76. The van der Waals surface area contributed by atoms with E-state index in [1.807, 2.05) is 24.3 Å². The molecule has 2 rings (SSSR count). The predicted octanol–water partition coefficient (Wildman–Crippen LogP) is 2.67. The maximum Gasteiger partial charge on any atom is 0.258 e. The lowest BCUT2D eigenvalue weighted by atomic mass is 10.1. The molecule has 0 fully saturated rings. The average Bonchev–Trinajstić information content (AvgIpc) is 2.54. The number of hydrogen-bond donors (Lipinski definition) is 1. The maximum absolute atomic E-state index is 12.7. The SMILES string of the molecule is COCc1ccc(CNC(=O)COc2ccc(F)cc2)cc1. The molecule has 4 nitrogen and oxygen atoms in total. The highest BCUT2D eigenvalue weighted by Crippen LogP contribution is 2.10. The van der Waals surface area contributed by atoms with Gasteiger partial charge >= 0.3 is 0 Å². The number of rotatable bonds is 7. The lowest BCUT2D eigenvalue weighted by Gasteiger charge is -2.08. The van der Waals surface area contributed by atoms with Crippen molar-refractivity contribution in [2.24, 2.45) is 0 Å². The van der Waals surface area contributed by atoms with Crippen molar-refractivity contribution in [1.29, 1.82) is 0 Å². The molecule has 0 aliphatic heterocycles. The Hall–Kier alpha value is -2.40. The first kappa shape index (κ1) is 16.0. The van der Waals surface area contributed by atoms with Crippen molar-refractivity contribution in [3.8, 4) is 5.75 Å². The summed E-state index contributed by atoms with van der Waals surface area (Å²) < 4.78 is 23.0. The molecule has 116 valence electrons. The average molecular weight is 303 g/mol. The highest BCUT2D eigenvalue weighted by Gasteiger charge is 2.03. The topological polar surface area (TPSA) is 47.6 Å². The van der Waals surface area contributed by atoms with E-state index >= 15 is 0 Å². The first-order chi connectivity index (χ1) is 10.7. The summed E-state index contributed by atoms with van der Waals surface area (Å²) in [5.74, 6) is -0.112. The van der Waals surface area contributed by atoms with Crippen LogP contribution in [0.25, 0.3) is 0 Å². The molecule has 0 aliphatic rings. The highest BCUT2D eigenvalue weighted by molar-refractivity contribution is 5.77. The number of benzene rings is 2. The molecule has 5 heteroatoms. The maximum atomic E-state index is 12.7. The number of methoxy groups -OCH3 is 1. The van der Waals surface area contributed by atoms with Crippen molar-refractivity contribution in [2.45, 2.75) is 13.2 Å². The molecule has 0 aromatic heterocycles. The Morgan fingerprint density at radius 3 is 2.32 bits per heavy atom. The van der Waals surface area contributed by atoms with Crippen LogP contribution in [0.2, 0.25) is 0 Å². The van der Waals surface area contributed by atoms with Crippen LogP contribution < -0.4 is 10.1 Å². The molecular weight excluding hydrogens is 285 g/mol. The predicted molar refractivity (Wildman–Crippen MR) is 80.9 cm³/mol. The summed E-state index contributed by atoms with van der Waals surface area (Å²) in [7, 11) is 1.65. The lowest BCUT2D eigenvalue weighted by Crippen LogP contribution is -2.28. The standard InChI is InChI=1S/C17H18FNO3/c1-21-11-14-4-2-13(3-5-14)10-19-17(20)12-22-16-8-6-15(18)7-9-16/h2-9H,10-12H2,1H3,(H,19,20). The Morgan fingerprint density at radius 1 is 1.05 bits per heavy atom. The first-order valence-electron chi connectivity index (χ1n) is 6.89. The molecule has 0 atom stereocenters. The van der Waals surface area contributed by atoms with Gasteiger partial charge in [-0.1, -0.05) is 24.3 Å². The van der Waals surface area contributed by atoms with Crippen LogP contribution in [0.3, 0.4) is 0 Å². The Bertz CT molecular complexity index is 596. The molecule has 0 heterocycles. The molecule has 0 spiro atoms. The molecule has 0 unspecified atom stereocenters. The number of ether oxygens (including phenoxy) is 2. The number of halogens is 1. The van der Waals surface area contributed by atoms with Gasteiger partial charge in [0, 0.05) is 13.7 Å². The minimum atomic E-state index is -0.339. The molecule has 1 N–H and O–H groups in total. The Balaban J connectivity index is 1.74. The second-order valence-electron chi connectivity index (χ2n) is 4.77. The van der Waals surface area contributed by atoms with E-state index in [0.29, 0.717) is 18.9 Å². The normalized spacial score (nSPS) is 10.3. The van der Waals surface area contributed by atoms with Gasteiger partial charge in [-0.25, -0.2) is 4.39 Å². The molecule has 22 heavy (non-hydrogen) atoms. The van der Waals surface area contributed by atoms with E-state index in [2.05, 4.69) is 5.32 Å². The van der Waals surface area contributed by atoms with Gasteiger partial charge < -0.3 is 14.8 Å². The number of hydrogen-bond acceptors (Lipinski definition) is 3. The first-order valence-corrected chi connectivity index (χ1v) is 6.89. The van der Waals surface area contributed by atoms with Gasteiger partial charge in [0.25, 0.3) is 5.91 Å². The number of carbonyl (C=O) groups excluding carboxylic acids is 1. The van der Waals surface area contributed by atoms with Gasteiger partial charge in [-0.2, -0.15) is 0 Å². The van der Waals surface area contributed by atoms with Crippen molar-refractivity contribution >= 4 is 5.91 Å². The van der Waals surface area contributed by atoms with E-state index in [1.54, 1.807) is 7.11 Å². The second-order valence-corrected chi connectivity index (χ2v) is 4.77. The zero-order valence-electron chi connectivity index (χ0n) is 12.3. The zero-order chi connectivity index (χ0) is 15.8.